The molecule has 5 heteroatoms. The van der Waals surface area contributed by atoms with Gasteiger partial charge in [-0.1, -0.05) is 26.8 Å². The fourth-order valence-electron chi connectivity index (χ4n) is 1.53. The van der Waals surface area contributed by atoms with E-state index in [1.165, 1.54) is 10.7 Å². The molecule has 1 N–H and O–H groups in total. The van der Waals surface area contributed by atoms with Crippen molar-refractivity contribution in [3.05, 3.63) is 41.9 Å². The maximum absolute atomic E-state index is 10.7. The number of hydrogen-bond acceptors (Lipinski definition) is 3. The number of carboxylic acids is 1. The lowest BCUT2D eigenvalue weighted by Crippen LogP contribution is -2.12. The number of aromatic nitrogens is 3. The Kier molecular flexibility index (Phi) is 2.90. The molecule has 0 saturated heterocycles. The van der Waals surface area contributed by atoms with Gasteiger partial charge in [-0.05, 0) is 23.1 Å². The van der Waals surface area contributed by atoms with E-state index in [0.29, 0.717) is 5.82 Å². The van der Waals surface area contributed by atoms with Crippen LogP contribution in [-0.2, 0) is 5.41 Å². The summed E-state index contributed by atoms with van der Waals surface area (Å²) in [6.07, 6.45) is 3.38. The minimum Gasteiger partial charge on any atom is -0.476 e. The van der Waals surface area contributed by atoms with Gasteiger partial charge in [0.15, 0.2) is 11.5 Å². The summed E-state index contributed by atoms with van der Waals surface area (Å²) in [7, 11) is 0. The number of aromatic carboxylic acids is 1. The summed E-state index contributed by atoms with van der Waals surface area (Å²) < 4.78 is 1.45. The van der Waals surface area contributed by atoms with Gasteiger partial charge in [0.05, 0.1) is 0 Å². The van der Waals surface area contributed by atoms with Crippen molar-refractivity contribution in [2.24, 2.45) is 0 Å². The van der Waals surface area contributed by atoms with E-state index >= 15 is 0 Å². The Hall–Kier alpha value is -2.17. The minimum absolute atomic E-state index is 0.0108. The summed E-state index contributed by atoms with van der Waals surface area (Å²) in [6.45, 7) is 6.33. The highest BCUT2D eigenvalue weighted by Gasteiger charge is 2.14. The number of pyridine rings is 1. The second kappa shape index (κ2) is 4.25. The molecule has 0 aliphatic carbocycles. The zero-order chi connectivity index (χ0) is 13.3. The van der Waals surface area contributed by atoms with Crippen LogP contribution in [0, 0.1) is 0 Å². The van der Waals surface area contributed by atoms with Crippen LogP contribution in [0.3, 0.4) is 0 Å². The minimum atomic E-state index is -1.04. The lowest BCUT2D eigenvalue weighted by atomic mass is 9.88. The zero-order valence-corrected chi connectivity index (χ0v) is 10.6. The second-order valence-corrected chi connectivity index (χ2v) is 5.11. The number of rotatable bonds is 2. The van der Waals surface area contributed by atoms with Gasteiger partial charge in [0.2, 0.25) is 0 Å². The molecule has 0 radical (unpaired) electrons. The van der Waals surface area contributed by atoms with E-state index in [1.807, 2.05) is 12.1 Å². The first-order valence-electron chi connectivity index (χ1n) is 5.64. The predicted molar refractivity (Wildman–Crippen MR) is 67.0 cm³/mol. The molecule has 0 saturated carbocycles. The summed E-state index contributed by atoms with van der Waals surface area (Å²) in [6, 6.07) is 5.26. The van der Waals surface area contributed by atoms with Crippen molar-refractivity contribution in [2.75, 3.05) is 0 Å². The first kappa shape index (κ1) is 12.3. The largest absolute Gasteiger partial charge is 0.476 e. The summed E-state index contributed by atoms with van der Waals surface area (Å²) >= 11 is 0. The molecule has 0 fully saturated rings. The molecule has 2 rings (SSSR count). The van der Waals surface area contributed by atoms with Crippen LogP contribution in [0.1, 0.15) is 36.8 Å². The normalized spacial score (nSPS) is 11.5. The Morgan fingerprint density at radius 2 is 2.00 bits per heavy atom. The predicted octanol–water partition coefficient (Wildman–Crippen LogP) is 2.26. The van der Waals surface area contributed by atoms with E-state index in [0.717, 1.165) is 5.56 Å². The smallest absolute Gasteiger partial charge is 0.356 e. The topological polar surface area (TPSA) is 68.0 Å². The van der Waals surface area contributed by atoms with Gasteiger partial charge < -0.3 is 5.11 Å². The van der Waals surface area contributed by atoms with Crippen LogP contribution in [0.2, 0.25) is 0 Å². The fraction of sp³-hybridized carbons (Fsp3) is 0.308. The Bertz CT molecular complexity index is 565. The summed E-state index contributed by atoms with van der Waals surface area (Å²) in [5.41, 5.74) is 1.18. The second-order valence-electron chi connectivity index (χ2n) is 5.11. The van der Waals surface area contributed by atoms with Gasteiger partial charge in [-0.25, -0.2) is 14.5 Å². The highest BCUT2D eigenvalue weighted by atomic mass is 16.4. The summed E-state index contributed by atoms with van der Waals surface area (Å²) in [5, 5.41) is 12.7. The lowest BCUT2D eigenvalue weighted by Gasteiger charge is -2.18. The molecule has 2 aromatic heterocycles. The molecule has 0 aliphatic rings. The Balaban J connectivity index is 2.31. The maximum atomic E-state index is 10.7. The first-order chi connectivity index (χ1) is 8.38. The first-order valence-corrected chi connectivity index (χ1v) is 5.64. The van der Waals surface area contributed by atoms with Crippen LogP contribution in [0.4, 0.5) is 0 Å². The maximum Gasteiger partial charge on any atom is 0.356 e. The highest BCUT2D eigenvalue weighted by Crippen LogP contribution is 2.21. The zero-order valence-electron chi connectivity index (χ0n) is 10.6. The molecule has 2 heterocycles. The third-order valence-electron chi connectivity index (χ3n) is 2.66. The van der Waals surface area contributed by atoms with Crippen molar-refractivity contribution >= 4 is 5.97 Å². The molecule has 0 atom stereocenters. The van der Waals surface area contributed by atoms with Crippen LogP contribution in [0.5, 0.6) is 0 Å². The van der Waals surface area contributed by atoms with E-state index in [-0.39, 0.29) is 11.1 Å². The van der Waals surface area contributed by atoms with Gasteiger partial charge in [0, 0.05) is 12.4 Å². The van der Waals surface area contributed by atoms with Crippen molar-refractivity contribution in [3.8, 4) is 5.82 Å². The van der Waals surface area contributed by atoms with Crippen LogP contribution in [0.25, 0.3) is 5.82 Å². The van der Waals surface area contributed by atoms with Crippen LogP contribution in [-0.4, -0.2) is 25.8 Å². The van der Waals surface area contributed by atoms with Crippen LogP contribution < -0.4 is 0 Å². The van der Waals surface area contributed by atoms with Gasteiger partial charge in [-0.2, -0.15) is 5.10 Å². The number of carboxylic acid groups (broad SMARTS) is 1. The van der Waals surface area contributed by atoms with E-state index in [2.05, 4.69) is 30.9 Å². The molecule has 0 unspecified atom stereocenters. The van der Waals surface area contributed by atoms with Crippen molar-refractivity contribution in [1.29, 1.82) is 0 Å². The molecule has 18 heavy (non-hydrogen) atoms. The quantitative estimate of drug-likeness (QED) is 0.881. The van der Waals surface area contributed by atoms with Crippen LogP contribution in [0.15, 0.2) is 30.6 Å². The van der Waals surface area contributed by atoms with E-state index < -0.39 is 5.97 Å². The molecule has 2 aromatic rings. The van der Waals surface area contributed by atoms with Gasteiger partial charge in [0.25, 0.3) is 0 Å². The summed E-state index contributed by atoms with van der Waals surface area (Å²) in [4.78, 5) is 15.0. The van der Waals surface area contributed by atoms with Crippen molar-refractivity contribution in [2.45, 2.75) is 26.2 Å². The lowest BCUT2D eigenvalue weighted by molar-refractivity contribution is 0.0690. The molecule has 0 bridgehead atoms. The van der Waals surface area contributed by atoms with Crippen molar-refractivity contribution in [3.63, 3.8) is 0 Å². The molecule has 0 aliphatic heterocycles. The molecule has 0 aromatic carbocycles. The molecule has 0 spiro atoms. The van der Waals surface area contributed by atoms with Crippen molar-refractivity contribution in [1.82, 2.24) is 14.8 Å². The van der Waals surface area contributed by atoms with Gasteiger partial charge >= 0.3 is 5.97 Å². The fourth-order valence-corrected chi connectivity index (χ4v) is 1.53. The average molecular weight is 245 g/mol. The van der Waals surface area contributed by atoms with E-state index in [1.54, 1.807) is 12.4 Å². The Morgan fingerprint density at radius 1 is 1.28 bits per heavy atom. The number of hydrogen-bond donors (Lipinski definition) is 1. The third kappa shape index (κ3) is 2.40. The molecule has 5 nitrogen and oxygen atoms in total. The Morgan fingerprint density at radius 3 is 2.44 bits per heavy atom. The van der Waals surface area contributed by atoms with Crippen molar-refractivity contribution < 1.29 is 9.90 Å². The molecular formula is C13H15N3O2. The Labute approximate surface area is 105 Å². The summed E-state index contributed by atoms with van der Waals surface area (Å²) in [5.74, 6) is -0.435. The number of carbonyl (C=O) groups is 1. The average Bonchev–Trinajstić information content (AvgIpc) is 2.77. The molecule has 0 amide bonds. The molecular weight excluding hydrogens is 230 g/mol. The highest BCUT2D eigenvalue weighted by molar-refractivity contribution is 5.85. The van der Waals surface area contributed by atoms with E-state index in [4.69, 9.17) is 5.11 Å². The number of nitrogens with zero attached hydrogens (tertiary/aromatic N) is 3. The van der Waals surface area contributed by atoms with Gasteiger partial charge in [-0.3, -0.25) is 0 Å². The third-order valence-corrected chi connectivity index (χ3v) is 2.66. The van der Waals surface area contributed by atoms with E-state index in [9.17, 15) is 4.79 Å². The standard InChI is InChI=1S/C13H15N3O2/c1-13(2,3)9-4-5-11(14-8-9)16-7-6-10(15-16)12(17)18/h4-8H,1-3H3,(H,17,18). The monoisotopic (exact) mass is 245 g/mol. The van der Waals surface area contributed by atoms with Gasteiger partial charge in [0.1, 0.15) is 0 Å². The van der Waals surface area contributed by atoms with Gasteiger partial charge in [-0.15, -0.1) is 0 Å². The van der Waals surface area contributed by atoms with Crippen LogP contribution >= 0.6 is 0 Å². The molecule has 94 valence electrons. The SMILES string of the molecule is CC(C)(C)c1ccc(-n2ccc(C(=O)O)n2)nc1.